The molecule has 1 spiro atoms. The van der Waals surface area contributed by atoms with Crippen LogP contribution >= 0.6 is 0 Å². The van der Waals surface area contributed by atoms with Gasteiger partial charge in [0.1, 0.15) is 25.5 Å². The Bertz CT molecular complexity index is 1030. The molecule has 10 heteroatoms. The van der Waals surface area contributed by atoms with E-state index < -0.39 is 12.8 Å². The summed E-state index contributed by atoms with van der Waals surface area (Å²) in [6.07, 6.45) is 3.50. The summed E-state index contributed by atoms with van der Waals surface area (Å²) >= 11 is 0. The molecule has 1 aliphatic carbocycles. The lowest BCUT2D eigenvalue weighted by Gasteiger charge is -2.58. The van der Waals surface area contributed by atoms with Crippen LogP contribution in [0.4, 0.5) is 15.1 Å². The maximum Gasteiger partial charge on any atom is 0.410 e. The Morgan fingerprint density at radius 2 is 1.78 bits per heavy atom. The van der Waals surface area contributed by atoms with Gasteiger partial charge < -0.3 is 19.5 Å². The highest BCUT2D eigenvalue weighted by Crippen LogP contribution is 2.50. The molecule has 3 atom stereocenters. The average molecular weight is 514 g/mol. The molecule has 1 N–H and O–H groups in total. The predicted molar refractivity (Wildman–Crippen MR) is 136 cm³/mol. The zero-order valence-corrected chi connectivity index (χ0v) is 21.5. The number of aliphatic hydroxyl groups excluding tert-OH is 1. The summed E-state index contributed by atoms with van der Waals surface area (Å²) in [4.78, 5) is 28.1. The first-order valence-electron chi connectivity index (χ1n) is 13.0. The van der Waals surface area contributed by atoms with E-state index in [-0.39, 0.29) is 30.9 Å². The zero-order valence-electron chi connectivity index (χ0n) is 21.5. The number of rotatable bonds is 8. The SMILES string of the molecule is C[C@@H]1CN(c2ncc(OCC(O)CF)cn2)C[C@H](C)N1C(=O)OC1CC2(C1)CN(Cc1ccccc1)C2. The van der Waals surface area contributed by atoms with Crippen LogP contribution in [0.3, 0.4) is 0 Å². The molecule has 37 heavy (non-hydrogen) atoms. The number of halogens is 1. The second-order valence-electron chi connectivity index (χ2n) is 10.9. The van der Waals surface area contributed by atoms with E-state index in [1.165, 1.54) is 18.0 Å². The van der Waals surface area contributed by atoms with Crippen LogP contribution in [-0.2, 0) is 11.3 Å². The number of likely N-dealkylation sites (tertiary alicyclic amines) is 1. The number of hydrogen-bond donors (Lipinski definition) is 1. The highest BCUT2D eigenvalue weighted by Gasteiger charge is 2.54. The van der Waals surface area contributed by atoms with Crippen molar-refractivity contribution in [2.75, 3.05) is 44.4 Å². The quantitative estimate of drug-likeness (QED) is 0.576. The monoisotopic (exact) mass is 513 g/mol. The Morgan fingerprint density at radius 1 is 1.14 bits per heavy atom. The minimum absolute atomic E-state index is 0.00408. The van der Waals surface area contributed by atoms with Gasteiger partial charge in [0.25, 0.3) is 0 Å². The fraction of sp³-hybridized carbons (Fsp3) is 0.593. The van der Waals surface area contributed by atoms with Gasteiger partial charge in [0.2, 0.25) is 5.95 Å². The van der Waals surface area contributed by atoms with E-state index in [2.05, 4.69) is 39.1 Å². The van der Waals surface area contributed by atoms with Crippen LogP contribution < -0.4 is 9.64 Å². The van der Waals surface area contributed by atoms with Crippen LogP contribution in [0.5, 0.6) is 5.75 Å². The molecule has 5 rings (SSSR count). The van der Waals surface area contributed by atoms with E-state index in [4.69, 9.17) is 9.47 Å². The molecule has 1 amide bonds. The third-order valence-electron chi connectivity index (χ3n) is 7.60. The van der Waals surface area contributed by atoms with Crippen LogP contribution in [0.2, 0.25) is 0 Å². The molecule has 0 bridgehead atoms. The standard InChI is InChI=1S/C27H36FN5O4/c1-19-13-32(25-29-11-24(12-30-25)36-16-22(34)10-28)14-20(2)33(19)26(35)37-23-8-27(9-23)17-31(18-27)15-21-6-4-3-5-7-21/h3-7,11-12,19-20,22-23,34H,8-10,13-18H2,1-2H3/t19-,20+,22?. The molecule has 3 aliphatic rings. The van der Waals surface area contributed by atoms with Gasteiger partial charge in [0.15, 0.2) is 5.75 Å². The minimum Gasteiger partial charge on any atom is -0.488 e. The van der Waals surface area contributed by atoms with Crippen molar-refractivity contribution in [3.63, 3.8) is 0 Å². The van der Waals surface area contributed by atoms with Gasteiger partial charge in [-0.3, -0.25) is 9.80 Å². The van der Waals surface area contributed by atoms with E-state index in [0.717, 1.165) is 32.5 Å². The fourth-order valence-corrected chi connectivity index (χ4v) is 5.94. The van der Waals surface area contributed by atoms with E-state index >= 15 is 0 Å². The molecule has 2 aromatic rings. The second kappa shape index (κ2) is 10.8. The van der Waals surface area contributed by atoms with Gasteiger partial charge >= 0.3 is 6.09 Å². The number of amides is 1. The Balaban J connectivity index is 1.06. The van der Waals surface area contributed by atoms with Crippen LogP contribution in [0.15, 0.2) is 42.7 Å². The summed E-state index contributed by atoms with van der Waals surface area (Å²) in [5.41, 5.74) is 1.65. The number of hydrogen-bond acceptors (Lipinski definition) is 8. The number of ether oxygens (including phenoxy) is 2. The highest BCUT2D eigenvalue weighted by molar-refractivity contribution is 5.69. The van der Waals surface area contributed by atoms with Crippen LogP contribution in [0.25, 0.3) is 0 Å². The molecule has 3 fully saturated rings. The summed E-state index contributed by atoms with van der Waals surface area (Å²) in [5.74, 6) is 0.906. The molecule has 2 saturated heterocycles. The molecular weight excluding hydrogens is 477 g/mol. The molecule has 9 nitrogen and oxygen atoms in total. The van der Waals surface area contributed by atoms with Crippen molar-refractivity contribution in [1.82, 2.24) is 19.8 Å². The van der Waals surface area contributed by atoms with Gasteiger partial charge in [-0.2, -0.15) is 0 Å². The van der Waals surface area contributed by atoms with Crippen LogP contribution in [0, 0.1) is 5.41 Å². The number of aromatic nitrogens is 2. The largest absolute Gasteiger partial charge is 0.488 e. The molecule has 0 radical (unpaired) electrons. The van der Waals surface area contributed by atoms with E-state index in [0.29, 0.717) is 30.2 Å². The van der Waals surface area contributed by atoms with Gasteiger partial charge in [-0.05, 0) is 32.3 Å². The van der Waals surface area contributed by atoms with Crippen molar-refractivity contribution in [3.8, 4) is 5.75 Å². The zero-order chi connectivity index (χ0) is 26.0. The number of anilines is 1. The third kappa shape index (κ3) is 5.80. The van der Waals surface area contributed by atoms with E-state index in [1.807, 2.05) is 29.7 Å². The number of carbonyl (C=O) groups is 1. The van der Waals surface area contributed by atoms with Gasteiger partial charge in [0.05, 0.1) is 24.5 Å². The lowest BCUT2D eigenvalue weighted by atomic mass is 9.61. The second-order valence-corrected chi connectivity index (χ2v) is 10.9. The topological polar surface area (TPSA) is 91.3 Å². The Hall–Kier alpha value is -2.98. The molecule has 3 heterocycles. The fourth-order valence-electron chi connectivity index (χ4n) is 5.94. The number of piperazine rings is 1. The van der Waals surface area contributed by atoms with Crippen molar-refractivity contribution >= 4 is 12.0 Å². The smallest absolute Gasteiger partial charge is 0.410 e. The molecule has 1 unspecified atom stereocenters. The summed E-state index contributed by atoms with van der Waals surface area (Å²) in [7, 11) is 0. The number of benzene rings is 1. The molecule has 1 aromatic heterocycles. The van der Waals surface area contributed by atoms with E-state index in [1.54, 1.807) is 0 Å². The van der Waals surface area contributed by atoms with Gasteiger partial charge in [-0.15, -0.1) is 0 Å². The molecule has 1 aromatic carbocycles. The highest BCUT2D eigenvalue weighted by atomic mass is 19.1. The van der Waals surface area contributed by atoms with Gasteiger partial charge in [-0.1, -0.05) is 30.3 Å². The van der Waals surface area contributed by atoms with Gasteiger partial charge in [-0.25, -0.2) is 19.2 Å². The van der Waals surface area contributed by atoms with Crippen molar-refractivity contribution in [2.24, 2.45) is 5.41 Å². The summed E-state index contributed by atoms with van der Waals surface area (Å²) in [5, 5.41) is 9.29. The first-order chi connectivity index (χ1) is 17.8. The normalized spacial score (nSPS) is 24.3. The Labute approximate surface area is 217 Å². The Kier molecular flexibility index (Phi) is 7.48. The average Bonchev–Trinajstić information content (AvgIpc) is 2.85. The van der Waals surface area contributed by atoms with Gasteiger partial charge in [0, 0.05) is 38.1 Å². The maximum atomic E-state index is 13.1. The minimum atomic E-state index is -1.16. The lowest BCUT2D eigenvalue weighted by molar-refractivity contribution is -0.137. The molecule has 200 valence electrons. The summed E-state index contributed by atoms with van der Waals surface area (Å²) in [6.45, 7) is 7.30. The third-order valence-corrected chi connectivity index (χ3v) is 7.60. The first-order valence-corrected chi connectivity index (χ1v) is 13.0. The number of aliphatic hydroxyl groups is 1. The molecular formula is C27H36FN5O4. The summed E-state index contributed by atoms with van der Waals surface area (Å²) < 4.78 is 23.6. The number of nitrogens with zero attached hydrogens (tertiary/aromatic N) is 5. The van der Waals surface area contributed by atoms with E-state index in [9.17, 15) is 14.3 Å². The van der Waals surface area contributed by atoms with Crippen LogP contribution in [0.1, 0.15) is 32.3 Å². The lowest BCUT2D eigenvalue weighted by Crippen LogP contribution is -2.65. The number of carbonyl (C=O) groups excluding carboxylic acids is 1. The Morgan fingerprint density at radius 3 is 2.41 bits per heavy atom. The summed E-state index contributed by atoms with van der Waals surface area (Å²) in [6, 6.07) is 10.4. The van der Waals surface area contributed by atoms with Crippen molar-refractivity contribution in [2.45, 2.75) is 57.5 Å². The van der Waals surface area contributed by atoms with Crippen molar-refractivity contribution < 1.29 is 23.8 Å². The molecule has 2 aliphatic heterocycles. The van der Waals surface area contributed by atoms with Crippen LogP contribution in [-0.4, -0.2) is 94.7 Å². The van der Waals surface area contributed by atoms with Crippen molar-refractivity contribution in [3.05, 3.63) is 48.3 Å². The van der Waals surface area contributed by atoms with Crippen molar-refractivity contribution in [1.29, 1.82) is 0 Å². The number of alkyl halides is 1. The maximum absolute atomic E-state index is 13.1. The molecule has 1 saturated carbocycles. The predicted octanol–water partition coefficient (Wildman–Crippen LogP) is 2.89. The first kappa shape index (κ1) is 25.7.